The van der Waals surface area contributed by atoms with Crippen molar-refractivity contribution < 1.29 is 9.59 Å². The highest BCUT2D eigenvalue weighted by Crippen LogP contribution is 2.30. The summed E-state index contributed by atoms with van der Waals surface area (Å²) in [7, 11) is 4.38. The first-order chi connectivity index (χ1) is 4.64. The van der Waals surface area contributed by atoms with Gasteiger partial charge in [0.05, 0.1) is 27.2 Å². The maximum atomic E-state index is 8.72. The topological polar surface area (TPSA) is 20.2 Å². The molecule has 0 heterocycles. The Bertz CT molecular complexity index is 108. The van der Waals surface area contributed by atoms with E-state index in [2.05, 4.69) is 14.1 Å². The van der Waals surface area contributed by atoms with Crippen molar-refractivity contribution in [3.8, 4) is 0 Å². The van der Waals surface area contributed by atoms with Crippen LogP contribution in [0.1, 0.15) is 12.8 Å². The van der Waals surface area contributed by atoms with Gasteiger partial charge in [0.2, 0.25) is 0 Å². The lowest BCUT2D eigenvalue weighted by atomic mass is 10.3. The zero-order valence-electron chi connectivity index (χ0n) is 7.01. The average Bonchev–Trinajstić information content (AvgIpc) is 2.48. The third-order valence-corrected chi connectivity index (χ3v) is 2.15. The van der Waals surface area contributed by atoms with Crippen LogP contribution in [0.5, 0.6) is 0 Å². The summed E-state index contributed by atoms with van der Waals surface area (Å²) >= 11 is 0. The molecule has 1 N–H and O–H groups in total. The predicted molar refractivity (Wildman–Crippen MR) is 41.7 cm³/mol. The standard InChI is InChI=1S/C8H18NO/c1-9(2,5-6-10)7-8-3-4-8/h8,10H,3-7H2,1-2H3/q+1. The second-order valence-electron chi connectivity index (χ2n) is 4.01. The van der Waals surface area contributed by atoms with Gasteiger partial charge in [-0.1, -0.05) is 0 Å². The molecule has 1 rings (SSSR count). The molecule has 0 saturated heterocycles. The molecule has 1 fully saturated rings. The van der Waals surface area contributed by atoms with Crippen molar-refractivity contribution in [1.82, 2.24) is 0 Å². The van der Waals surface area contributed by atoms with Gasteiger partial charge in [0.25, 0.3) is 0 Å². The lowest BCUT2D eigenvalue weighted by molar-refractivity contribution is -0.892. The van der Waals surface area contributed by atoms with Gasteiger partial charge in [-0.3, -0.25) is 0 Å². The highest BCUT2D eigenvalue weighted by atomic mass is 16.3. The number of aliphatic hydroxyl groups excluding tert-OH is 1. The van der Waals surface area contributed by atoms with Crippen LogP contribution in [0.25, 0.3) is 0 Å². The lowest BCUT2D eigenvalue weighted by Gasteiger charge is -2.28. The van der Waals surface area contributed by atoms with E-state index in [1.54, 1.807) is 0 Å². The molecule has 0 spiro atoms. The molecule has 1 saturated carbocycles. The zero-order chi connectivity index (χ0) is 7.61. The Balaban J connectivity index is 2.19. The molecule has 0 aromatic heterocycles. The van der Waals surface area contributed by atoms with Crippen molar-refractivity contribution in [3.63, 3.8) is 0 Å². The number of nitrogens with zero attached hydrogens (tertiary/aromatic N) is 1. The molecule has 0 unspecified atom stereocenters. The molecule has 2 heteroatoms. The fraction of sp³-hybridized carbons (Fsp3) is 1.00. The zero-order valence-corrected chi connectivity index (χ0v) is 7.01. The van der Waals surface area contributed by atoms with Gasteiger partial charge in [-0.15, -0.1) is 0 Å². The second kappa shape index (κ2) is 2.89. The first-order valence-electron chi connectivity index (χ1n) is 4.07. The van der Waals surface area contributed by atoms with E-state index in [1.165, 1.54) is 19.4 Å². The molecule has 0 aliphatic heterocycles. The van der Waals surface area contributed by atoms with E-state index in [0.29, 0.717) is 6.61 Å². The summed E-state index contributed by atoms with van der Waals surface area (Å²) in [6.07, 6.45) is 2.82. The Morgan fingerprint density at radius 2 is 2.00 bits per heavy atom. The Hall–Kier alpha value is -0.0800. The van der Waals surface area contributed by atoms with Gasteiger partial charge in [-0.25, -0.2) is 0 Å². The molecule has 10 heavy (non-hydrogen) atoms. The summed E-state index contributed by atoms with van der Waals surface area (Å²) in [5.41, 5.74) is 0. The van der Waals surface area contributed by atoms with Crippen molar-refractivity contribution in [2.24, 2.45) is 5.92 Å². The third-order valence-electron chi connectivity index (χ3n) is 2.15. The molecule has 0 aromatic rings. The van der Waals surface area contributed by atoms with Crippen LogP contribution in [0.3, 0.4) is 0 Å². The normalized spacial score (nSPS) is 19.5. The summed E-state index contributed by atoms with van der Waals surface area (Å²) in [5, 5.41) is 8.72. The van der Waals surface area contributed by atoms with Gasteiger partial charge >= 0.3 is 0 Å². The minimum atomic E-state index is 0.319. The van der Waals surface area contributed by atoms with E-state index in [1.807, 2.05) is 0 Å². The Labute approximate surface area is 63.1 Å². The first kappa shape index (κ1) is 8.02. The van der Waals surface area contributed by atoms with Crippen LogP contribution in [0, 0.1) is 5.92 Å². The lowest BCUT2D eigenvalue weighted by Crippen LogP contribution is -2.43. The largest absolute Gasteiger partial charge is 0.391 e. The highest BCUT2D eigenvalue weighted by Gasteiger charge is 2.29. The Morgan fingerprint density at radius 1 is 1.40 bits per heavy atom. The summed E-state index contributed by atoms with van der Waals surface area (Å²) in [6, 6.07) is 0. The number of likely N-dealkylation sites (N-methyl/N-ethyl adjacent to an activating group) is 1. The maximum absolute atomic E-state index is 8.72. The first-order valence-corrected chi connectivity index (χ1v) is 4.07. The minimum Gasteiger partial charge on any atom is -0.391 e. The fourth-order valence-corrected chi connectivity index (χ4v) is 1.36. The van der Waals surface area contributed by atoms with Gasteiger partial charge in [0, 0.05) is 5.92 Å². The van der Waals surface area contributed by atoms with Gasteiger partial charge in [0.15, 0.2) is 0 Å². The quantitative estimate of drug-likeness (QED) is 0.568. The molecule has 60 valence electrons. The van der Waals surface area contributed by atoms with Crippen LogP contribution in [0.2, 0.25) is 0 Å². The van der Waals surface area contributed by atoms with Crippen LogP contribution >= 0.6 is 0 Å². The van der Waals surface area contributed by atoms with Gasteiger partial charge < -0.3 is 9.59 Å². The van der Waals surface area contributed by atoms with Crippen molar-refractivity contribution >= 4 is 0 Å². The van der Waals surface area contributed by atoms with Crippen molar-refractivity contribution in [2.75, 3.05) is 33.8 Å². The van der Waals surface area contributed by atoms with Crippen LogP contribution in [0.15, 0.2) is 0 Å². The van der Waals surface area contributed by atoms with E-state index < -0.39 is 0 Å². The van der Waals surface area contributed by atoms with Gasteiger partial charge in [0.1, 0.15) is 6.54 Å². The second-order valence-corrected chi connectivity index (χ2v) is 4.01. The highest BCUT2D eigenvalue weighted by molar-refractivity contribution is 4.72. The van der Waals surface area contributed by atoms with E-state index >= 15 is 0 Å². The fourth-order valence-electron chi connectivity index (χ4n) is 1.36. The number of aliphatic hydroxyl groups is 1. The smallest absolute Gasteiger partial charge is 0.102 e. The minimum absolute atomic E-state index is 0.319. The number of rotatable bonds is 4. The molecule has 0 radical (unpaired) electrons. The van der Waals surface area contributed by atoms with Gasteiger partial charge in [-0.2, -0.15) is 0 Å². The SMILES string of the molecule is C[N+](C)(CCO)CC1CC1. The summed E-state index contributed by atoms with van der Waals surface area (Å²) in [4.78, 5) is 0. The number of hydrogen-bond acceptors (Lipinski definition) is 1. The van der Waals surface area contributed by atoms with E-state index in [9.17, 15) is 0 Å². The molecule has 0 bridgehead atoms. The van der Waals surface area contributed by atoms with E-state index in [-0.39, 0.29) is 0 Å². The summed E-state index contributed by atoms with van der Waals surface area (Å²) in [5.74, 6) is 0.960. The van der Waals surface area contributed by atoms with Crippen LogP contribution in [-0.4, -0.2) is 43.4 Å². The molecular weight excluding hydrogens is 126 g/mol. The third kappa shape index (κ3) is 2.67. The van der Waals surface area contributed by atoms with E-state index in [0.717, 1.165) is 16.9 Å². The average molecular weight is 144 g/mol. The molecule has 1 aliphatic rings. The molecule has 1 aliphatic carbocycles. The van der Waals surface area contributed by atoms with Crippen molar-refractivity contribution in [2.45, 2.75) is 12.8 Å². The van der Waals surface area contributed by atoms with Gasteiger partial charge in [-0.05, 0) is 12.8 Å². The van der Waals surface area contributed by atoms with Crippen LogP contribution in [0.4, 0.5) is 0 Å². The Morgan fingerprint density at radius 3 is 2.40 bits per heavy atom. The molecule has 0 amide bonds. The summed E-state index contributed by atoms with van der Waals surface area (Å²) in [6.45, 7) is 2.47. The number of quaternary nitrogens is 1. The monoisotopic (exact) mass is 144 g/mol. The summed E-state index contributed by atoms with van der Waals surface area (Å²) < 4.78 is 0.987. The molecule has 0 aromatic carbocycles. The molecule has 2 nitrogen and oxygen atoms in total. The van der Waals surface area contributed by atoms with Crippen LogP contribution in [-0.2, 0) is 0 Å². The Kier molecular flexibility index (Phi) is 2.32. The van der Waals surface area contributed by atoms with Crippen molar-refractivity contribution in [3.05, 3.63) is 0 Å². The van der Waals surface area contributed by atoms with Crippen molar-refractivity contribution in [1.29, 1.82) is 0 Å². The van der Waals surface area contributed by atoms with Crippen LogP contribution < -0.4 is 0 Å². The molecule has 0 atom stereocenters. The maximum Gasteiger partial charge on any atom is 0.102 e. The predicted octanol–water partition coefficient (Wildman–Crippen LogP) is 0.465. The number of hydrogen-bond donors (Lipinski definition) is 1. The molecular formula is C8H18NO+. The van der Waals surface area contributed by atoms with E-state index in [4.69, 9.17) is 5.11 Å².